The molecule has 0 saturated carbocycles. The number of hydrogen-bond donors (Lipinski definition) is 0. The van der Waals surface area contributed by atoms with Crippen LogP contribution in [-0.2, 0) is 4.79 Å². The maximum Gasteiger partial charge on any atom is 0.237 e. The molecule has 104 valence electrons. The molecule has 0 saturated heterocycles. The van der Waals surface area contributed by atoms with E-state index in [9.17, 15) is 4.79 Å². The highest BCUT2D eigenvalue weighted by atomic mass is 79.9. The molecule has 4 heteroatoms. The average Bonchev–Trinajstić information content (AvgIpc) is 2.42. The molecular weight excluding hydrogens is 326 g/mol. The zero-order valence-electron chi connectivity index (χ0n) is 11.2. The highest BCUT2D eigenvalue weighted by molar-refractivity contribution is 9.09. The molecule has 1 aromatic rings. The van der Waals surface area contributed by atoms with Crippen molar-refractivity contribution in [1.29, 1.82) is 0 Å². The van der Waals surface area contributed by atoms with Gasteiger partial charge in [0.05, 0.1) is 5.33 Å². The van der Waals surface area contributed by atoms with Crippen molar-refractivity contribution in [2.45, 2.75) is 26.2 Å². The molecule has 0 radical (unpaired) electrons. The van der Waals surface area contributed by atoms with Crippen LogP contribution in [0.4, 0.5) is 0 Å². The van der Waals surface area contributed by atoms with Crippen molar-refractivity contribution in [1.82, 2.24) is 4.90 Å². The van der Waals surface area contributed by atoms with Crippen molar-refractivity contribution in [3.05, 3.63) is 41.4 Å². The summed E-state index contributed by atoms with van der Waals surface area (Å²) in [7, 11) is 0. The van der Waals surface area contributed by atoms with Crippen LogP contribution in [0, 0.1) is 0 Å². The van der Waals surface area contributed by atoms with Crippen molar-refractivity contribution >= 4 is 39.1 Å². The number of halogens is 2. The molecule has 2 nitrogen and oxygen atoms in total. The monoisotopic (exact) mass is 343 g/mol. The van der Waals surface area contributed by atoms with E-state index in [0.717, 1.165) is 24.8 Å². The summed E-state index contributed by atoms with van der Waals surface area (Å²) in [5.74, 6) is 0.0288. The highest BCUT2D eigenvalue weighted by Crippen LogP contribution is 2.22. The van der Waals surface area contributed by atoms with Gasteiger partial charge in [-0.15, -0.1) is 0 Å². The van der Waals surface area contributed by atoms with E-state index in [2.05, 4.69) is 29.4 Å². The van der Waals surface area contributed by atoms with Crippen LogP contribution in [0.15, 0.2) is 30.8 Å². The fourth-order valence-corrected chi connectivity index (χ4v) is 2.32. The van der Waals surface area contributed by atoms with Crippen LogP contribution in [0.3, 0.4) is 0 Å². The molecule has 19 heavy (non-hydrogen) atoms. The van der Waals surface area contributed by atoms with Crippen LogP contribution in [0.2, 0.25) is 5.02 Å². The van der Waals surface area contributed by atoms with Gasteiger partial charge < -0.3 is 4.90 Å². The van der Waals surface area contributed by atoms with Crippen LogP contribution >= 0.6 is 27.5 Å². The van der Waals surface area contributed by atoms with Crippen LogP contribution in [-0.4, -0.2) is 22.7 Å². The molecule has 0 N–H and O–H groups in total. The highest BCUT2D eigenvalue weighted by Gasteiger charge is 2.16. The first-order valence-corrected chi connectivity index (χ1v) is 7.91. The third kappa shape index (κ3) is 5.00. The summed E-state index contributed by atoms with van der Waals surface area (Å²) in [6.07, 6.45) is 3.21. The van der Waals surface area contributed by atoms with E-state index in [4.69, 9.17) is 11.6 Å². The number of carbonyl (C=O) groups is 1. The summed E-state index contributed by atoms with van der Waals surface area (Å²) in [4.78, 5) is 13.7. The first-order valence-electron chi connectivity index (χ1n) is 6.41. The molecule has 0 aromatic heterocycles. The van der Waals surface area contributed by atoms with Crippen molar-refractivity contribution in [2.75, 3.05) is 11.9 Å². The normalized spacial score (nSPS) is 10.3. The molecular formula is C15H19BrClNO. The van der Waals surface area contributed by atoms with Crippen molar-refractivity contribution in [3.63, 3.8) is 0 Å². The third-order valence-corrected chi connectivity index (χ3v) is 3.60. The minimum atomic E-state index is 0.0288. The molecule has 0 spiro atoms. The van der Waals surface area contributed by atoms with Crippen molar-refractivity contribution in [2.24, 2.45) is 0 Å². The number of hydrogen-bond acceptors (Lipinski definition) is 1. The van der Waals surface area contributed by atoms with Gasteiger partial charge in [0.25, 0.3) is 0 Å². The fraction of sp³-hybridized carbons (Fsp3) is 0.400. The quantitative estimate of drug-likeness (QED) is 0.517. The Balaban J connectivity index is 2.84. The predicted molar refractivity (Wildman–Crippen MR) is 85.5 cm³/mol. The molecule has 0 bridgehead atoms. The van der Waals surface area contributed by atoms with Gasteiger partial charge in [-0.1, -0.05) is 66.0 Å². The second-order valence-electron chi connectivity index (χ2n) is 4.34. The first-order chi connectivity index (χ1) is 9.10. The second kappa shape index (κ2) is 8.39. The predicted octanol–water partition coefficient (Wildman–Crippen LogP) is 4.72. The standard InChI is InChI=1S/C15H19BrClNO/c1-3-4-5-9-18(15(19)11-16)12(2)13-7-6-8-14(17)10-13/h6-8,10H,2-5,9,11H2,1H3. The summed E-state index contributed by atoms with van der Waals surface area (Å²) in [5.41, 5.74) is 1.60. The van der Waals surface area contributed by atoms with Crippen LogP contribution < -0.4 is 0 Å². The summed E-state index contributed by atoms with van der Waals surface area (Å²) in [6, 6.07) is 7.43. The number of carbonyl (C=O) groups excluding carboxylic acids is 1. The van der Waals surface area contributed by atoms with E-state index in [1.165, 1.54) is 0 Å². The van der Waals surface area contributed by atoms with Crippen LogP contribution in [0.1, 0.15) is 31.7 Å². The molecule has 0 aliphatic rings. The zero-order valence-corrected chi connectivity index (χ0v) is 13.5. The Morgan fingerprint density at radius 2 is 2.16 bits per heavy atom. The molecule has 1 amide bonds. The Morgan fingerprint density at radius 1 is 1.42 bits per heavy atom. The SMILES string of the molecule is C=C(c1cccc(Cl)c1)N(CCCCC)C(=O)CBr. The number of rotatable bonds is 7. The van der Waals surface area contributed by atoms with Gasteiger partial charge in [-0.2, -0.15) is 0 Å². The van der Waals surface area contributed by atoms with Gasteiger partial charge in [0.15, 0.2) is 0 Å². The van der Waals surface area contributed by atoms with E-state index in [0.29, 0.717) is 22.6 Å². The molecule has 0 fully saturated rings. The van der Waals surface area contributed by atoms with Crippen molar-refractivity contribution < 1.29 is 4.79 Å². The lowest BCUT2D eigenvalue weighted by atomic mass is 10.1. The van der Waals surface area contributed by atoms with Crippen LogP contribution in [0.5, 0.6) is 0 Å². The molecule has 0 atom stereocenters. The van der Waals surface area contributed by atoms with Gasteiger partial charge in [0.1, 0.15) is 0 Å². The Bertz CT molecular complexity index is 448. The molecule has 0 unspecified atom stereocenters. The number of alkyl halides is 1. The minimum absolute atomic E-state index is 0.0288. The Hall–Kier alpha value is -0.800. The smallest absolute Gasteiger partial charge is 0.237 e. The summed E-state index contributed by atoms with van der Waals surface area (Å²) in [6.45, 7) is 6.88. The van der Waals surface area contributed by atoms with Gasteiger partial charge in [-0.25, -0.2) is 0 Å². The Morgan fingerprint density at radius 3 is 2.74 bits per heavy atom. The van der Waals surface area contributed by atoms with E-state index in [1.807, 2.05) is 24.3 Å². The maximum atomic E-state index is 12.0. The van der Waals surface area contributed by atoms with Gasteiger partial charge in [-0.05, 0) is 24.1 Å². The van der Waals surface area contributed by atoms with E-state index >= 15 is 0 Å². The maximum absolute atomic E-state index is 12.0. The van der Waals surface area contributed by atoms with E-state index < -0.39 is 0 Å². The number of unbranched alkanes of at least 4 members (excludes halogenated alkanes) is 2. The van der Waals surface area contributed by atoms with E-state index in [1.54, 1.807) is 4.90 Å². The largest absolute Gasteiger partial charge is 0.312 e. The lowest BCUT2D eigenvalue weighted by Crippen LogP contribution is -2.31. The molecule has 1 rings (SSSR count). The zero-order chi connectivity index (χ0) is 14.3. The number of benzene rings is 1. The number of nitrogens with zero attached hydrogens (tertiary/aromatic N) is 1. The summed E-state index contributed by atoms with van der Waals surface area (Å²) < 4.78 is 0. The summed E-state index contributed by atoms with van der Waals surface area (Å²) >= 11 is 9.20. The Kier molecular flexibility index (Phi) is 7.17. The minimum Gasteiger partial charge on any atom is -0.312 e. The molecule has 0 aliphatic carbocycles. The van der Waals surface area contributed by atoms with Crippen molar-refractivity contribution in [3.8, 4) is 0 Å². The van der Waals surface area contributed by atoms with Gasteiger partial charge >= 0.3 is 0 Å². The summed E-state index contributed by atoms with van der Waals surface area (Å²) in [5, 5.41) is 0.956. The molecule has 0 heterocycles. The number of amides is 1. The van der Waals surface area contributed by atoms with Gasteiger partial charge in [0.2, 0.25) is 5.91 Å². The average molecular weight is 345 g/mol. The van der Waals surface area contributed by atoms with Gasteiger partial charge in [0, 0.05) is 17.3 Å². The lowest BCUT2D eigenvalue weighted by Gasteiger charge is -2.24. The van der Waals surface area contributed by atoms with Crippen LogP contribution in [0.25, 0.3) is 5.70 Å². The van der Waals surface area contributed by atoms with E-state index in [-0.39, 0.29) is 5.91 Å². The topological polar surface area (TPSA) is 20.3 Å². The molecule has 0 aliphatic heterocycles. The molecule has 1 aromatic carbocycles. The fourth-order valence-electron chi connectivity index (χ4n) is 1.83. The first kappa shape index (κ1) is 16.3. The van der Waals surface area contributed by atoms with Gasteiger partial charge in [-0.3, -0.25) is 4.79 Å². The Labute approximate surface area is 128 Å². The third-order valence-electron chi connectivity index (χ3n) is 2.88. The lowest BCUT2D eigenvalue weighted by molar-refractivity contribution is -0.125. The second-order valence-corrected chi connectivity index (χ2v) is 5.34.